The number of carbonyl (C=O) groups is 1. The largest absolute Gasteiger partial charge is 0.478 e. The van der Waals surface area contributed by atoms with Crippen LogP contribution in [-0.4, -0.2) is 11.1 Å². The first kappa shape index (κ1) is 10.5. The normalized spacial score (nSPS) is 35.1. The highest BCUT2D eigenvalue weighted by molar-refractivity contribution is 5.87. The van der Waals surface area contributed by atoms with Crippen molar-refractivity contribution in [2.24, 2.45) is 17.8 Å². The predicted octanol–water partition coefficient (Wildman–Crippen LogP) is 3.01. The Labute approximate surface area is 90.7 Å². The van der Waals surface area contributed by atoms with E-state index >= 15 is 0 Å². The van der Waals surface area contributed by atoms with E-state index in [-0.39, 0.29) is 0 Å². The maximum absolute atomic E-state index is 11.0. The van der Waals surface area contributed by atoms with Crippen molar-refractivity contribution in [3.63, 3.8) is 0 Å². The third kappa shape index (κ3) is 1.73. The van der Waals surface area contributed by atoms with E-state index in [0.717, 1.165) is 17.4 Å². The molecule has 2 aliphatic rings. The van der Waals surface area contributed by atoms with E-state index in [0.29, 0.717) is 11.5 Å². The number of allylic oxidation sites excluding steroid dienone is 2. The van der Waals surface area contributed by atoms with Crippen LogP contribution in [0.25, 0.3) is 0 Å². The van der Waals surface area contributed by atoms with E-state index in [1.807, 2.05) is 0 Å². The first-order valence-electron chi connectivity index (χ1n) is 5.70. The molecule has 0 spiro atoms. The zero-order valence-corrected chi connectivity index (χ0v) is 9.20. The van der Waals surface area contributed by atoms with E-state index in [1.54, 1.807) is 13.0 Å². The van der Waals surface area contributed by atoms with E-state index in [2.05, 4.69) is 6.58 Å². The van der Waals surface area contributed by atoms with Crippen LogP contribution in [0, 0.1) is 17.8 Å². The molecule has 0 aromatic heterocycles. The maximum Gasteiger partial charge on any atom is 0.331 e. The Morgan fingerprint density at radius 1 is 1.40 bits per heavy atom. The molecular formula is C13H18O2. The van der Waals surface area contributed by atoms with Gasteiger partial charge in [0.2, 0.25) is 0 Å². The molecule has 0 heterocycles. The Kier molecular flexibility index (Phi) is 2.68. The van der Waals surface area contributed by atoms with Gasteiger partial charge in [-0.1, -0.05) is 19.1 Å². The third-order valence-corrected chi connectivity index (χ3v) is 4.11. The molecule has 0 amide bonds. The highest BCUT2D eigenvalue weighted by Crippen LogP contribution is 2.51. The van der Waals surface area contributed by atoms with Crippen molar-refractivity contribution in [2.45, 2.75) is 32.6 Å². The minimum atomic E-state index is -0.798. The number of fused-ring (bicyclic) bond motifs is 2. The minimum Gasteiger partial charge on any atom is -0.478 e. The molecule has 0 aliphatic heterocycles. The summed E-state index contributed by atoms with van der Waals surface area (Å²) in [6.45, 7) is 5.47. The molecule has 3 unspecified atom stereocenters. The zero-order chi connectivity index (χ0) is 11.0. The average Bonchev–Trinajstić information content (AvgIpc) is 2.80. The molecule has 3 atom stereocenters. The lowest BCUT2D eigenvalue weighted by Gasteiger charge is -2.23. The van der Waals surface area contributed by atoms with Gasteiger partial charge in [0.15, 0.2) is 0 Å². The summed E-state index contributed by atoms with van der Waals surface area (Å²) in [5, 5.41) is 9.01. The minimum absolute atomic E-state index is 0.470. The van der Waals surface area contributed by atoms with Crippen molar-refractivity contribution in [2.75, 3.05) is 0 Å². The van der Waals surface area contributed by atoms with Crippen LogP contribution < -0.4 is 0 Å². The average molecular weight is 206 g/mol. The Balaban J connectivity index is 2.25. The number of aliphatic carboxylic acids is 1. The van der Waals surface area contributed by atoms with Crippen LogP contribution in [0.1, 0.15) is 32.6 Å². The Morgan fingerprint density at radius 3 is 2.53 bits per heavy atom. The van der Waals surface area contributed by atoms with Crippen molar-refractivity contribution >= 4 is 5.97 Å². The summed E-state index contributed by atoms with van der Waals surface area (Å²) >= 11 is 0. The number of hydrogen-bond acceptors (Lipinski definition) is 1. The quantitative estimate of drug-likeness (QED) is 0.569. The van der Waals surface area contributed by atoms with Crippen LogP contribution in [0.3, 0.4) is 0 Å². The van der Waals surface area contributed by atoms with E-state index < -0.39 is 5.97 Å². The van der Waals surface area contributed by atoms with Gasteiger partial charge in [-0.15, -0.1) is 0 Å². The molecule has 0 aromatic rings. The summed E-state index contributed by atoms with van der Waals surface area (Å²) in [4.78, 5) is 11.0. The number of hydrogen-bond donors (Lipinski definition) is 1. The molecule has 2 bridgehead atoms. The van der Waals surface area contributed by atoms with Gasteiger partial charge in [-0.2, -0.15) is 0 Å². The molecule has 1 N–H and O–H groups in total. The topological polar surface area (TPSA) is 37.3 Å². The monoisotopic (exact) mass is 206 g/mol. The van der Waals surface area contributed by atoms with E-state index in [4.69, 9.17) is 5.11 Å². The first-order chi connectivity index (χ1) is 7.13. The highest BCUT2D eigenvalue weighted by Gasteiger charge is 2.41. The van der Waals surface area contributed by atoms with Crippen LogP contribution in [0.2, 0.25) is 0 Å². The third-order valence-electron chi connectivity index (χ3n) is 4.11. The summed E-state index contributed by atoms with van der Waals surface area (Å²) in [5.41, 5.74) is 1.47. The molecule has 2 aliphatic carbocycles. The Hall–Kier alpha value is -1.05. The van der Waals surface area contributed by atoms with Gasteiger partial charge in [0, 0.05) is 5.57 Å². The first-order valence-corrected chi connectivity index (χ1v) is 5.70. The number of carboxylic acids is 1. The van der Waals surface area contributed by atoms with Crippen LogP contribution >= 0.6 is 0 Å². The highest BCUT2D eigenvalue weighted by atomic mass is 16.4. The molecule has 82 valence electrons. The molecular weight excluding hydrogens is 188 g/mol. The van der Waals surface area contributed by atoms with Crippen LogP contribution in [-0.2, 0) is 4.79 Å². The van der Waals surface area contributed by atoms with Gasteiger partial charge >= 0.3 is 5.97 Å². The standard InChI is InChI=1S/C13H18O2/c1-3-11(8(2)13(14)15)12-7-9-4-5-10(12)6-9/h3,9-10,12H,1,4-7H2,2H3,(H,14,15). The molecule has 2 rings (SSSR count). The second kappa shape index (κ2) is 3.84. The van der Waals surface area contributed by atoms with Crippen LogP contribution in [0.5, 0.6) is 0 Å². The smallest absolute Gasteiger partial charge is 0.331 e. The number of rotatable bonds is 3. The fraction of sp³-hybridized carbons (Fsp3) is 0.615. The molecule has 0 radical (unpaired) electrons. The second-order valence-corrected chi connectivity index (χ2v) is 4.87. The van der Waals surface area contributed by atoms with E-state index in [1.165, 1.54) is 25.7 Å². The Morgan fingerprint density at radius 2 is 2.13 bits per heavy atom. The van der Waals surface area contributed by atoms with Gasteiger partial charge in [0.25, 0.3) is 0 Å². The Bertz CT molecular complexity index is 327. The van der Waals surface area contributed by atoms with E-state index in [9.17, 15) is 4.79 Å². The molecule has 2 saturated carbocycles. The molecule has 2 fully saturated rings. The van der Waals surface area contributed by atoms with Gasteiger partial charge in [-0.05, 0) is 49.5 Å². The number of carboxylic acid groups (broad SMARTS) is 1. The van der Waals surface area contributed by atoms with Crippen molar-refractivity contribution in [3.8, 4) is 0 Å². The molecule has 2 heteroatoms. The summed E-state index contributed by atoms with van der Waals surface area (Å²) in [7, 11) is 0. The molecule has 15 heavy (non-hydrogen) atoms. The summed E-state index contributed by atoms with van der Waals surface area (Å²) in [6.07, 6.45) is 6.86. The maximum atomic E-state index is 11.0. The van der Waals surface area contributed by atoms with Gasteiger partial charge in [-0.25, -0.2) is 4.79 Å². The van der Waals surface area contributed by atoms with Gasteiger partial charge < -0.3 is 5.11 Å². The summed E-state index contributed by atoms with van der Waals surface area (Å²) in [5.74, 6) is 1.24. The van der Waals surface area contributed by atoms with Crippen molar-refractivity contribution in [1.29, 1.82) is 0 Å². The molecule has 2 nitrogen and oxygen atoms in total. The van der Waals surface area contributed by atoms with Crippen molar-refractivity contribution in [1.82, 2.24) is 0 Å². The zero-order valence-electron chi connectivity index (χ0n) is 9.20. The van der Waals surface area contributed by atoms with Crippen LogP contribution in [0.15, 0.2) is 23.8 Å². The lowest BCUT2D eigenvalue weighted by atomic mass is 9.81. The van der Waals surface area contributed by atoms with Gasteiger partial charge in [0.1, 0.15) is 0 Å². The van der Waals surface area contributed by atoms with Gasteiger partial charge in [-0.3, -0.25) is 0 Å². The fourth-order valence-corrected chi connectivity index (χ4v) is 3.33. The van der Waals surface area contributed by atoms with Crippen molar-refractivity contribution in [3.05, 3.63) is 23.8 Å². The predicted molar refractivity (Wildman–Crippen MR) is 59.5 cm³/mol. The van der Waals surface area contributed by atoms with Crippen molar-refractivity contribution < 1.29 is 9.90 Å². The summed E-state index contributed by atoms with van der Waals surface area (Å²) in [6, 6.07) is 0. The van der Waals surface area contributed by atoms with Crippen LogP contribution in [0.4, 0.5) is 0 Å². The lowest BCUT2D eigenvalue weighted by Crippen LogP contribution is -2.15. The second-order valence-electron chi connectivity index (χ2n) is 4.87. The molecule has 0 aromatic carbocycles. The lowest BCUT2D eigenvalue weighted by molar-refractivity contribution is -0.132. The summed E-state index contributed by atoms with van der Waals surface area (Å²) < 4.78 is 0. The SMILES string of the molecule is C=CC(=C(C)C(=O)O)C1CC2CCC1C2. The van der Waals surface area contributed by atoms with Gasteiger partial charge in [0.05, 0.1) is 0 Å². The molecule has 0 saturated heterocycles. The fourth-order valence-electron chi connectivity index (χ4n) is 3.33.